The van der Waals surface area contributed by atoms with Crippen molar-refractivity contribution in [1.29, 1.82) is 0 Å². The molecule has 0 aromatic heterocycles. The highest BCUT2D eigenvalue weighted by atomic mass is 16.6. The van der Waals surface area contributed by atoms with Crippen LogP contribution in [0.25, 0.3) is 0 Å². The molecule has 0 amide bonds. The highest BCUT2D eigenvalue weighted by Gasteiger charge is 2.08. The number of carbonyl (C=O) groups excluding carboxylic acids is 1. The van der Waals surface area contributed by atoms with Gasteiger partial charge >= 0.3 is 5.97 Å². The maximum Gasteiger partial charge on any atom is 0.334 e. The van der Waals surface area contributed by atoms with Crippen LogP contribution in [-0.4, -0.2) is 37.0 Å². The van der Waals surface area contributed by atoms with Gasteiger partial charge in [0.25, 0.3) is 0 Å². The monoisotopic (exact) mass is 218 g/mol. The molecule has 0 spiro atoms. The molecule has 0 aliphatic rings. The normalized spacial score (nSPS) is 12.5. The molecule has 90 valence electrons. The van der Waals surface area contributed by atoms with Gasteiger partial charge in [0, 0.05) is 6.61 Å². The summed E-state index contributed by atoms with van der Waals surface area (Å²) in [7, 11) is 0. The van der Waals surface area contributed by atoms with Crippen molar-refractivity contribution >= 4 is 5.97 Å². The van der Waals surface area contributed by atoms with E-state index in [4.69, 9.17) is 14.6 Å². The van der Waals surface area contributed by atoms with Crippen molar-refractivity contribution in [2.45, 2.75) is 45.6 Å². The summed E-state index contributed by atoms with van der Waals surface area (Å²) < 4.78 is 9.97. The minimum Gasteiger partial charge on any atom is -0.461 e. The van der Waals surface area contributed by atoms with Crippen LogP contribution in [0.15, 0.2) is 0 Å². The largest absolute Gasteiger partial charge is 0.461 e. The van der Waals surface area contributed by atoms with E-state index < -0.39 is 12.1 Å². The molecule has 15 heavy (non-hydrogen) atoms. The summed E-state index contributed by atoms with van der Waals surface area (Å²) in [6, 6.07) is 0. The number of carbonyl (C=O) groups is 1. The fourth-order valence-electron chi connectivity index (χ4n) is 1.05. The second kappa shape index (κ2) is 9.93. The fourth-order valence-corrected chi connectivity index (χ4v) is 1.05. The lowest BCUT2D eigenvalue weighted by Gasteiger charge is -2.07. The Bertz CT molecular complexity index is 157. The van der Waals surface area contributed by atoms with Gasteiger partial charge in [-0.1, -0.05) is 26.2 Å². The zero-order valence-corrected chi connectivity index (χ0v) is 9.70. The molecule has 0 bridgehead atoms. The maximum absolute atomic E-state index is 10.8. The molecule has 0 unspecified atom stereocenters. The van der Waals surface area contributed by atoms with E-state index in [1.54, 1.807) is 0 Å². The van der Waals surface area contributed by atoms with Gasteiger partial charge < -0.3 is 14.6 Å². The Hall–Kier alpha value is -0.610. The van der Waals surface area contributed by atoms with Gasteiger partial charge in [0.05, 0.1) is 6.61 Å². The van der Waals surface area contributed by atoms with Crippen LogP contribution in [0.1, 0.15) is 39.5 Å². The van der Waals surface area contributed by atoms with E-state index in [1.807, 2.05) is 0 Å². The van der Waals surface area contributed by atoms with E-state index in [1.165, 1.54) is 26.2 Å². The van der Waals surface area contributed by atoms with Crippen LogP contribution in [0, 0.1) is 0 Å². The van der Waals surface area contributed by atoms with Gasteiger partial charge in [0.15, 0.2) is 0 Å². The Morgan fingerprint density at radius 2 is 1.93 bits per heavy atom. The third-order valence-corrected chi connectivity index (χ3v) is 1.96. The summed E-state index contributed by atoms with van der Waals surface area (Å²) in [5.74, 6) is -0.593. The number of esters is 1. The molecule has 0 aliphatic heterocycles. The molecule has 0 rings (SSSR count). The first-order valence-corrected chi connectivity index (χ1v) is 5.61. The number of hydrogen-bond donors (Lipinski definition) is 1. The van der Waals surface area contributed by atoms with Crippen LogP contribution in [0.5, 0.6) is 0 Å². The van der Waals surface area contributed by atoms with Gasteiger partial charge in [-0.2, -0.15) is 0 Å². The van der Waals surface area contributed by atoms with Crippen molar-refractivity contribution in [3.8, 4) is 0 Å². The molecule has 0 saturated heterocycles. The number of aliphatic hydroxyl groups is 1. The van der Waals surface area contributed by atoms with Crippen LogP contribution in [0.4, 0.5) is 0 Å². The first kappa shape index (κ1) is 14.4. The van der Waals surface area contributed by atoms with E-state index in [0.717, 1.165) is 6.42 Å². The van der Waals surface area contributed by atoms with Crippen molar-refractivity contribution in [2.75, 3.05) is 19.8 Å². The van der Waals surface area contributed by atoms with Crippen LogP contribution < -0.4 is 0 Å². The van der Waals surface area contributed by atoms with E-state index in [9.17, 15) is 4.79 Å². The Kier molecular flexibility index (Phi) is 9.52. The van der Waals surface area contributed by atoms with Crippen LogP contribution in [0.3, 0.4) is 0 Å². The average molecular weight is 218 g/mol. The summed E-state index contributed by atoms with van der Waals surface area (Å²) in [4.78, 5) is 10.8. The Morgan fingerprint density at radius 1 is 1.20 bits per heavy atom. The summed E-state index contributed by atoms with van der Waals surface area (Å²) >= 11 is 0. The molecule has 0 saturated carbocycles. The third-order valence-electron chi connectivity index (χ3n) is 1.96. The zero-order chi connectivity index (χ0) is 11.5. The summed E-state index contributed by atoms with van der Waals surface area (Å²) in [5, 5.41) is 8.81. The lowest BCUT2D eigenvalue weighted by atomic mass is 10.2. The standard InChI is InChI=1S/C11H22O4/c1-3-4-5-6-7-14-8-9-15-11(13)10(2)12/h10,12H,3-9H2,1-2H3/t10-/m0/s1. The second-order valence-electron chi connectivity index (χ2n) is 3.52. The molecule has 1 N–H and O–H groups in total. The van der Waals surface area contributed by atoms with Gasteiger partial charge in [-0.3, -0.25) is 0 Å². The maximum atomic E-state index is 10.8. The summed E-state index contributed by atoms with van der Waals surface area (Å²) in [5.41, 5.74) is 0. The zero-order valence-electron chi connectivity index (χ0n) is 9.70. The van der Waals surface area contributed by atoms with Gasteiger partial charge in [0.1, 0.15) is 12.7 Å². The van der Waals surface area contributed by atoms with E-state index in [0.29, 0.717) is 13.2 Å². The minimum absolute atomic E-state index is 0.220. The van der Waals surface area contributed by atoms with E-state index >= 15 is 0 Å². The van der Waals surface area contributed by atoms with E-state index in [2.05, 4.69) is 6.92 Å². The average Bonchev–Trinajstić information content (AvgIpc) is 2.21. The van der Waals surface area contributed by atoms with Crippen LogP contribution in [-0.2, 0) is 14.3 Å². The molecular weight excluding hydrogens is 196 g/mol. The van der Waals surface area contributed by atoms with Gasteiger partial charge in [-0.15, -0.1) is 0 Å². The van der Waals surface area contributed by atoms with Crippen molar-refractivity contribution in [1.82, 2.24) is 0 Å². The molecule has 0 aromatic carbocycles. The first-order chi connectivity index (χ1) is 7.18. The fraction of sp³-hybridized carbons (Fsp3) is 0.909. The van der Waals surface area contributed by atoms with Gasteiger partial charge in [0.2, 0.25) is 0 Å². The number of hydrogen-bond acceptors (Lipinski definition) is 4. The molecule has 0 fully saturated rings. The summed E-state index contributed by atoms with van der Waals surface area (Å²) in [6.07, 6.45) is 3.64. The Morgan fingerprint density at radius 3 is 2.53 bits per heavy atom. The highest BCUT2D eigenvalue weighted by Crippen LogP contribution is 1.98. The second-order valence-corrected chi connectivity index (χ2v) is 3.52. The lowest BCUT2D eigenvalue weighted by molar-refractivity contribution is -0.154. The van der Waals surface area contributed by atoms with Gasteiger partial charge in [-0.05, 0) is 13.3 Å². The summed E-state index contributed by atoms with van der Waals surface area (Å²) in [6.45, 7) is 4.89. The molecular formula is C11H22O4. The van der Waals surface area contributed by atoms with E-state index in [-0.39, 0.29) is 6.61 Å². The minimum atomic E-state index is -1.05. The number of rotatable bonds is 9. The molecule has 4 nitrogen and oxygen atoms in total. The van der Waals surface area contributed by atoms with Crippen LogP contribution in [0.2, 0.25) is 0 Å². The molecule has 0 aromatic rings. The number of unbranched alkanes of at least 4 members (excludes halogenated alkanes) is 3. The highest BCUT2D eigenvalue weighted by molar-refractivity contribution is 5.73. The first-order valence-electron chi connectivity index (χ1n) is 5.61. The van der Waals surface area contributed by atoms with Crippen molar-refractivity contribution in [3.05, 3.63) is 0 Å². The topological polar surface area (TPSA) is 55.8 Å². The predicted octanol–water partition coefficient (Wildman–Crippen LogP) is 1.51. The Labute approximate surface area is 91.6 Å². The third kappa shape index (κ3) is 9.69. The molecule has 0 radical (unpaired) electrons. The molecule has 1 atom stereocenters. The van der Waals surface area contributed by atoms with Crippen molar-refractivity contribution in [3.63, 3.8) is 0 Å². The molecule has 0 heterocycles. The number of aliphatic hydroxyl groups excluding tert-OH is 1. The van der Waals surface area contributed by atoms with Crippen molar-refractivity contribution in [2.24, 2.45) is 0 Å². The Balaban J connectivity index is 3.08. The van der Waals surface area contributed by atoms with Crippen molar-refractivity contribution < 1.29 is 19.4 Å². The molecule has 4 heteroatoms. The SMILES string of the molecule is CCCCCCOCCOC(=O)[C@H](C)O. The lowest BCUT2D eigenvalue weighted by Crippen LogP contribution is -2.21. The smallest absolute Gasteiger partial charge is 0.334 e. The van der Waals surface area contributed by atoms with Crippen LogP contribution >= 0.6 is 0 Å². The number of ether oxygens (including phenoxy) is 2. The predicted molar refractivity (Wildman–Crippen MR) is 57.6 cm³/mol. The van der Waals surface area contributed by atoms with Gasteiger partial charge in [-0.25, -0.2) is 4.79 Å². The quantitative estimate of drug-likeness (QED) is 0.471. The molecule has 0 aliphatic carbocycles.